The standard InChI is InChI=1S/C22H19N3O5S/c1-28-14-4-6-19(29-2)13(9-14)12-24-22-25-17-5-3-15(11-20(17)31-22)30-16-7-8-23-18(10-16)21(26)27/h3-11H,12H2,1-2H3,(H,24,25)(H,26,27). The predicted octanol–water partition coefficient (Wildman–Crippen LogP) is 4.81. The van der Waals surface area contributed by atoms with Crippen LogP contribution in [0.1, 0.15) is 16.1 Å². The second-order valence-electron chi connectivity index (χ2n) is 6.46. The van der Waals surface area contributed by atoms with E-state index in [4.69, 9.17) is 19.3 Å². The first kappa shape index (κ1) is 20.4. The van der Waals surface area contributed by atoms with E-state index in [-0.39, 0.29) is 5.69 Å². The topological polar surface area (TPSA) is 103 Å². The van der Waals surface area contributed by atoms with Crippen LogP contribution in [-0.4, -0.2) is 35.3 Å². The van der Waals surface area contributed by atoms with E-state index < -0.39 is 5.97 Å². The smallest absolute Gasteiger partial charge is 0.354 e. The molecule has 0 unspecified atom stereocenters. The molecule has 4 rings (SSSR count). The number of aromatic nitrogens is 2. The molecule has 8 nitrogen and oxygen atoms in total. The number of hydrogen-bond donors (Lipinski definition) is 2. The molecule has 31 heavy (non-hydrogen) atoms. The van der Waals surface area contributed by atoms with Crippen LogP contribution in [0.15, 0.2) is 54.7 Å². The van der Waals surface area contributed by atoms with Crippen LogP contribution in [0.5, 0.6) is 23.0 Å². The lowest BCUT2D eigenvalue weighted by molar-refractivity contribution is 0.0690. The van der Waals surface area contributed by atoms with E-state index in [1.165, 1.54) is 23.6 Å². The number of thiazole rings is 1. The number of pyridine rings is 1. The number of aromatic carboxylic acids is 1. The number of carbonyl (C=O) groups is 1. The molecule has 2 aromatic carbocycles. The highest BCUT2D eigenvalue weighted by Crippen LogP contribution is 2.32. The summed E-state index contributed by atoms with van der Waals surface area (Å²) in [4.78, 5) is 19.5. The molecule has 9 heteroatoms. The molecule has 0 saturated carbocycles. The second-order valence-corrected chi connectivity index (χ2v) is 7.49. The molecule has 0 spiro atoms. The van der Waals surface area contributed by atoms with Gasteiger partial charge in [-0.2, -0.15) is 0 Å². The van der Waals surface area contributed by atoms with Crippen molar-refractivity contribution in [3.8, 4) is 23.0 Å². The Bertz CT molecular complexity index is 1240. The molecule has 2 N–H and O–H groups in total. The normalized spacial score (nSPS) is 10.6. The fourth-order valence-corrected chi connectivity index (χ4v) is 3.85. The zero-order chi connectivity index (χ0) is 21.8. The van der Waals surface area contributed by atoms with Crippen LogP contribution in [0, 0.1) is 0 Å². The number of anilines is 1. The van der Waals surface area contributed by atoms with Gasteiger partial charge in [-0.25, -0.2) is 14.8 Å². The van der Waals surface area contributed by atoms with Gasteiger partial charge in [-0.05, 0) is 36.4 Å². The number of nitrogens with one attached hydrogen (secondary N) is 1. The first-order chi connectivity index (χ1) is 15.1. The fourth-order valence-electron chi connectivity index (χ4n) is 2.96. The van der Waals surface area contributed by atoms with Gasteiger partial charge in [0.2, 0.25) is 0 Å². The largest absolute Gasteiger partial charge is 0.497 e. The number of carboxylic acids is 1. The molecular formula is C22H19N3O5S. The zero-order valence-electron chi connectivity index (χ0n) is 16.8. The van der Waals surface area contributed by atoms with Crippen LogP contribution >= 0.6 is 11.3 Å². The van der Waals surface area contributed by atoms with Gasteiger partial charge in [-0.3, -0.25) is 0 Å². The summed E-state index contributed by atoms with van der Waals surface area (Å²) in [7, 11) is 3.26. The number of nitrogens with zero attached hydrogens (tertiary/aromatic N) is 2. The Kier molecular flexibility index (Phi) is 5.85. The Morgan fingerprint density at radius 1 is 1.03 bits per heavy atom. The van der Waals surface area contributed by atoms with Crippen molar-refractivity contribution in [2.24, 2.45) is 0 Å². The quantitative estimate of drug-likeness (QED) is 0.405. The highest BCUT2D eigenvalue weighted by Gasteiger charge is 2.10. The third-order valence-corrected chi connectivity index (χ3v) is 5.44. The number of benzene rings is 2. The highest BCUT2D eigenvalue weighted by molar-refractivity contribution is 7.22. The van der Waals surface area contributed by atoms with Crippen molar-refractivity contribution in [3.63, 3.8) is 0 Å². The van der Waals surface area contributed by atoms with Crippen molar-refractivity contribution in [1.29, 1.82) is 0 Å². The molecule has 0 bridgehead atoms. The van der Waals surface area contributed by atoms with Crippen LogP contribution in [-0.2, 0) is 6.54 Å². The van der Waals surface area contributed by atoms with Crippen LogP contribution < -0.4 is 19.5 Å². The third-order valence-electron chi connectivity index (χ3n) is 4.46. The van der Waals surface area contributed by atoms with Crippen molar-refractivity contribution in [2.75, 3.05) is 19.5 Å². The summed E-state index contributed by atoms with van der Waals surface area (Å²) in [6, 6.07) is 14.1. The summed E-state index contributed by atoms with van der Waals surface area (Å²) in [6.45, 7) is 0.526. The minimum absolute atomic E-state index is 0.0733. The predicted molar refractivity (Wildman–Crippen MR) is 118 cm³/mol. The Morgan fingerprint density at radius 2 is 1.84 bits per heavy atom. The molecule has 0 radical (unpaired) electrons. The van der Waals surface area contributed by atoms with Gasteiger partial charge < -0.3 is 24.6 Å². The number of fused-ring (bicyclic) bond motifs is 1. The van der Waals surface area contributed by atoms with Crippen molar-refractivity contribution >= 4 is 32.7 Å². The molecule has 0 fully saturated rings. The molecule has 0 aliphatic rings. The zero-order valence-corrected chi connectivity index (χ0v) is 17.6. The minimum Gasteiger partial charge on any atom is -0.497 e. The first-order valence-electron chi connectivity index (χ1n) is 9.28. The average Bonchev–Trinajstić information content (AvgIpc) is 3.19. The summed E-state index contributed by atoms with van der Waals surface area (Å²) in [5.74, 6) is 1.40. The maximum Gasteiger partial charge on any atom is 0.354 e. The molecule has 2 heterocycles. The van der Waals surface area contributed by atoms with Gasteiger partial charge in [0.1, 0.15) is 23.0 Å². The fraction of sp³-hybridized carbons (Fsp3) is 0.136. The SMILES string of the molecule is COc1ccc(OC)c(CNc2nc3ccc(Oc4ccnc(C(=O)O)c4)cc3s2)c1. The summed E-state index contributed by atoms with van der Waals surface area (Å²) in [5, 5.41) is 13.1. The Hall–Kier alpha value is -3.85. The number of ether oxygens (including phenoxy) is 3. The van der Waals surface area contributed by atoms with E-state index in [0.717, 1.165) is 32.4 Å². The maximum atomic E-state index is 11.1. The van der Waals surface area contributed by atoms with Gasteiger partial charge in [-0.1, -0.05) is 11.3 Å². The molecule has 0 amide bonds. The molecule has 158 valence electrons. The lowest BCUT2D eigenvalue weighted by Gasteiger charge is -2.10. The number of hydrogen-bond acceptors (Lipinski definition) is 8. The molecule has 0 aliphatic carbocycles. The summed E-state index contributed by atoms with van der Waals surface area (Å²) in [5.41, 5.74) is 1.71. The Labute approximate surface area is 182 Å². The first-order valence-corrected chi connectivity index (χ1v) is 10.1. The van der Waals surface area contributed by atoms with E-state index in [9.17, 15) is 4.79 Å². The van der Waals surface area contributed by atoms with Crippen molar-refractivity contribution in [3.05, 3.63) is 66.0 Å². The van der Waals surface area contributed by atoms with Gasteiger partial charge in [0.25, 0.3) is 0 Å². The number of rotatable bonds is 8. The van der Waals surface area contributed by atoms with Gasteiger partial charge in [0.15, 0.2) is 10.8 Å². The Balaban J connectivity index is 1.50. The highest BCUT2D eigenvalue weighted by atomic mass is 32.1. The lowest BCUT2D eigenvalue weighted by Crippen LogP contribution is -2.01. The van der Waals surface area contributed by atoms with Gasteiger partial charge in [0, 0.05) is 30.4 Å². The molecule has 4 aromatic rings. The molecule has 0 atom stereocenters. The van der Waals surface area contributed by atoms with Crippen LogP contribution in [0.2, 0.25) is 0 Å². The van der Waals surface area contributed by atoms with E-state index in [1.54, 1.807) is 26.4 Å². The molecule has 0 aliphatic heterocycles. The summed E-state index contributed by atoms with van der Waals surface area (Å²) in [6.07, 6.45) is 1.40. The van der Waals surface area contributed by atoms with Crippen LogP contribution in [0.25, 0.3) is 10.2 Å². The van der Waals surface area contributed by atoms with Gasteiger partial charge in [-0.15, -0.1) is 0 Å². The van der Waals surface area contributed by atoms with Crippen LogP contribution in [0.4, 0.5) is 5.13 Å². The summed E-state index contributed by atoms with van der Waals surface area (Å²) < 4.78 is 17.4. The van der Waals surface area contributed by atoms with Gasteiger partial charge >= 0.3 is 5.97 Å². The van der Waals surface area contributed by atoms with E-state index in [2.05, 4.69) is 15.3 Å². The minimum atomic E-state index is -1.10. The Morgan fingerprint density at radius 3 is 2.61 bits per heavy atom. The van der Waals surface area contributed by atoms with E-state index in [0.29, 0.717) is 18.0 Å². The van der Waals surface area contributed by atoms with E-state index in [1.807, 2.05) is 30.3 Å². The van der Waals surface area contributed by atoms with Crippen LogP contribution in [0.3, 0.4) is 0 Å². The molecule has 0 saturated heterocycles. The lowest BCUT2D eigenvalue weighted by atomic mass is 10.2. The van der Waals surface area contributed by atoms with Crippen molar-refractivity contribution in [1.82, 2.24) is 9.97 Å². The maximum absolute atomic E-state index is 11.1. The third kappa shape index (κ3) is 4.67. The molecule has 2 aromatic heterocycles. The van der Waals surface area contributed by atoms with Crippen molar-refractivity contribution < 1.29 is 24.1 Å². The van der Waals surface area contributed by atoms with Gasteiger partial charge in [0.05, 0.1) is 24.4 Å². The number of carboxylic acid groups (broad SMARTS) is 1. The second kappa shape index (κ2) is 8.88. The van der Waals surface area contributed by atoms with Crippen molar-refractivity contribution in [2.45, 2.75) is 6.54 Å². The van der Waals surface area contributed by atoms with E-state index >= 15 is 0 Å². The monoisotopic (exact) mass is 437 g/mol. The average molecular weight is 437 g/mol. The number of methoxy groups -OCH3 is 2. The molecular weight excluding hydrogens is 418 g/mol. The summed E-state index contributed by atoms with van der Waals surface area (Å²) >= 11 is 1.49.